The van der Waals surface area contributed by atoms with Crippen molar-refractivity contribution in [1.29, 1.82) is 0 Å². The summed E-state index contributed by atoms with van der Waals surface area (Å²) in [7, 11) is 0. The van der Waals surface area contributed by atoms with Gasteiger partial charge in [-0.3, -0.25) is 0 Å². The quantitative estimate of drug-likeness (QED) is 0.912. The van der Waals surface area contributed by atoms with Crippen LogP contribution in [0.1, 0.15) is 19.8 Å². The van der Waals surface area contributed by atoms with Crippen LogP contribution in [0.5, 0.6) is 0 Å². The molecule has 3 rings (SSSR count). The zero-order chi connectivity index (χ0) is 12.5. The molecule has 0 radical (unpaired) electrons. The fourth-order valence-electron chi connectivity index (χ4n) is 2.51. The highest BCUT2D eigenvalue weighted by molar-refractivity contribution is 6.33. The zero-order valence-electron chi connectivity index (χ0n) is 10.3. The fourth-order valence-corrected chi connectivity index (χ4v) is 2.77. The fraction of sp³-hybridized carbons (Fsp3) is 0.357. The van der Waals surface area contributed by atoms with Crippen LogP contribution in [0, 0.1) is 5.92 Å². The number of nitrogens with one attached hydrogen (secondary N) is 1. The van der Waals surface area contributed by atoms with Crippen LogP contribution < -0.4 is 5.32 Å². The molecule has 0 saturated heterocycles. The van der Waals surface area contributed by atoms with E-state index < -0.39 is 0 Å². The number of aromatic nitrogens is 2. The second-order valence-electron chi connectivity index (χ2n) is 5.00. The Balaban J connectivity index is 1.91. The highest BCUT2D eigenvalue weighted by Gasteiger charge is 2.26. The predicted octanol–water partition coefficient (Wildman–Crippen LogP) is 3.74. The van der Waals surface area contributed by atoms with Crippen LogP contribution in [0.2, 0.25) is 5.02 Å². The first-order chi connectivity index (χ1) is 8.74. The molecule has 1 heterocycles. The van der Waals surface area contributed by atoms with Crippen LogP contribution in [-0.4, -0.2) is 15.8 Å². The molecular weight excluding hydrogens is 246 g/mol. The largest absolute Gasteiger partial charge is 0.381 e. The van der Waals surface area contributed by atoms with E-state index in [0.717, 1.165) is 22.3 Å². The van der Waals surface area contributed by atoms with Crippen molar-refractivity contribution in [2.24, 2.45) is 5.92 Å². The van der Waals surface area contributed by atoms with Gasteiger partial charge in [-0.05, 0) is 37.0 Å². The molecule has 1 saturated carbocycles. The molecule has 0 unspecified atom stereocenters. The van der Waals surface area contributed by atoms with Gasteiger partial charge in [-0.2, -0.15) is 5.10 Å². The molecule has 94 valence electrons. The van der Waals surface area contributed by atoms with E-state index in [4.69, 9.17) is 11.6 Å². The SMILES string of the molecule is CC1CC(Nc2cccc(Cl)c2-n2cccn2)C1. The van der Waals surface area contributed by atoms with Crippen molar-refractivity contribution in [2.45, 2.75) is 25.8 Å². The van der Waals surface area contributed by atoms with Crippen molar-refractivity contribution in [3.05, 3.63) is 41.7 Å². The molecule has 1 N–H and O–H groups in total. The third-order valence-electron chi connectivity index (χ3n) is 3.45. The second kappa shape index (κ2) is 4.65. The first-order valence-electron chi connectivity index (χ1n) is 6.29. The number of halogens is 1. The number of rotatable bonds is 3. The molecular formula is C14H16ClN3. The van der Waals surface area contributed by atoms with Gasteiger partial charge in [0.2, 0.25) is 0 Å². The lowest BCUT2D eigenvalue weighted by molar-refractivity contribution is 0.309. The Kier molecular flexibility index (Phi) is 3.00. The van der Waals surface area contributed by atoms with Crippen LogP contribution in [-0.2, 0) is 0 Å². The third-order valence-corrected chi connectivity index (χ3v) is 3.76. The van der Waals surface area contributed by atoms with E-state index in [1.54, 1.807) is 6.20 Å². The maximum atomic E-state index is 6.29. The predicted molar refractivity (Wildman–Crippen MR) is 74.4 cm³/mol. The molecule has 1 aliphatic rings. The molecule has 0 atom stereocenters. The average molecular weight is 262 g/mol. The standard InChI is InChI=1S/C14H16ClN3/c1-10-8-11(9-10)17-13-5-2-4-12(15)14(13)18-7-3-6-16-18/h2-7,10-11,17H,8-9H2,1H3. The summed E-state index contributed by atoms with van der Waals surface area (Å²) in [6, 6.07) is 8.39. The van der Waals surface area contributed by atoms with Gasteiger partial charge in [0.25, 0.3) is 0 Å². The Morgan fingerprint density at radius 2 is 2.17 bits per heavy atom. The Morgan fingerprint density at radius 3 is 2.83 bits per heavy atom. The topological polar surface area (TPSA) is 29.9 Å². The van der Waals surface area contributed by atoms with Gasteiger partial charge in [0.1, 0.15) is 5.69 Å². The van der Waals surface area contributed by atoms with E-state index >= 15 is 0 Å². The van der Waals surface area contributed by atoms with Crippen LogP contribution in [0.3, 0.4) is 0 Å². The Hall–Kier alpha value is -1.48. The summed E-state index contributed by atoms with van der Waals surface area (Å²) in [4.78, 5) is 0. The zero-order valence-corrected chi connectivity index (χ0v) is 11.1. The number of benzene rings is 1. The van der Waals surface area contributed by atoms with E-state index in [1.807, 2.05) is 29.1 Å². The summed E-state index contributed by atoms with van der Waals surface area (Å²) >= 11 is 6.29. The summed E-state index contributed by atoms with van der Waals surface area (Å²) in [6.45, 7) is 2.28. The summed E-state index contributed by atoms with van der Waals surface area (Å²) in [5, 5.41) is 8.55. The Morgan fingerprint density at radius 1 is 1.33 bits per heavy atom. The van der Waals surface area contributed by atoms with Gasteiger partial charge in [0, 0.05) is 18.4 Å². The molecule has 0 spiro atoms. The average Bonchev–Trinajstić information content (AvgIpc) is 2.80. The van der Waals surface area contributed by atoms with Crippen LogP contribution in [0.25, 0.3) is 5.69 Å². The molecule has 1 aromatic heterocycles. The summed E-state index contributed by atoms with van der Waals surface area (Å²) in [6.07, 6.45) is 6.13. The normalized spacial score (nSPS) is 22.6. The first kappa shape index (κ1) is 11.6. The van der Waals surface area contributed by atoms with Crippen molar-refractivity contribution in [3.63, 3.8) is 0 Å². The first-order valence-corrected chi connectivity index (χ1v) is 6.67. The Labute approximate surface area is 112 Å². The van der Waals surface area contributed by atoms with Gasteiger partial charge in [-0.25, -0.2) is 4.68 Å². The highest BCUT2D eigenvalue weighted by atomic mass is 35.5. The van der Waals surface area contributed by atoms with Gasteiger partial charge in [0.15, 0.2) is 0 Å². The molecule has 0 aliphatic heterocycles. The molecule has 3 nitrogen and oxygen atoms in total. The van der Waals surface area contributed by atoms with Crippen LogP contribution in [0.4, 0.5) is 5.69 Å². The number of nitrogens with zero attached hydrogens (tertiary/aromatic N) is 2. The van der Waals surface area contributed by atoms with Crippen LogP contribution in [0.15, 0.2) is 36.7 Å². The second-order valence-corrected chi connectivity index (χ2v) is 5.41. The molecule has 2 aromatic rings. The molecule has 1 aromatic carbocycles. The number of hydrogen-bond donors (Lipinski definition) is 1. The lowest BCUT2D eigenvalue weighted by atomic mass is 9.82. The molecule has 0 amide bonds. The van der Waals surface area contributed by atoms with Crippen molar-refractivity contribution in [2.75, 3.05) is 5.32 Å². The van der Waals surface area contributed by atoms with Gasteiger partial charge < -0.3 is 5.32 Å². The van der Waals surface area contributed by atoms with E-state index in [9.17, 15) is 0 Å². The summed E-state index contributed by atoms with van der Waals surface area (Å²) < 4.78 is 1.81. The van der Waals surface area contributed by atoms with E-state index in [0.29, 0.717) is 6.04 Å². The number of hydrogen-bond acceptors (Lipinski definition) is 2. The highest BCUT2D eigenvalue weighted by Crippen LogP contribution is 2.33. The minimum absolute atomic E-state index is 0.563. The Bertz CT molecular complexity index is 530. The van der Waals surface area contributed by atoms with Gasteiger partial charge in [0.05, 0.1) is 10.7 Å². The number of para-hydroxylation sites is 1. The van der Waals surface area contributed by atoms with Crippen LogP contribution >= 0.6 is 11.6 Å². The number of anilines is 1. The monoisotopic (exact) mass is 261 g/mol. The van der Waals surface area contributed by atoms with E-state index in [-0.39, 0.29) is 0 Å². The van der Waals surface area contributed by atoms with Crippen molar-refractivity contribution < 1.29 is 0 Å². The van der Waals surface area contributed by atoms with E-state index in [1.165, 1.54) is 12.8 Å². The minimum atomic E-state index is 0.563. The van der Waals surface area contributed by atoms with Gasteiger partial charge in [-0.1, -0.05) is 24.6 Å². The van der Waals surface area contributed by atoms with Crippen molar-refractivity contribution in [3.8, 4) is 5.69 Å². The smallest absolute Gasteiger partial charge is 0.106 e. The van der Waals surface area contributed by atoms with Gasteiger partial charge in [-0.15, -0.1) is 0 Å². The maximum Gasteiger partial charge on any atom is 0.106 e. The van der Waals surface area contributed by atoms with Gasteiger partial charge >= 0.3 is 0 Å². The molecule has 1 fully saturated rings. The maximum absolute atomic E-state index is 6.29. The lowest BCUT2D eigenvalue weighted by Gasteiger charge is -2.34. The molecule has 4 heteroatoms. The molecule has 1 aliphatic carbocycles. The third kappa shape index (κ3) is 2.10. The van der Waals surface area contributed by atoms with Crippen molar-refractivity contribution in [1.82, 2.24) is 9.78 Å². The lowest BCUT2D eigenvalue weighted by Crippen LogP contribution is -2.34. The summed E-state index contributed by atoms with van der Waals surface area (Å²) in [5.41, 5.74) is 1.99. The minimum Gasteiger partial charge on any atom is -0.381 e. The molecule has 0 bridgehead atoms. The summed E-state index contributed by atoms with van der Waals surface area (Å²) in [5.74, 6) is 0.829. The van der Waals surface area contributed by atoms with Crippen molar-refractivity contribution >= 4 is 17.3 Å². The van der Waals surface area contributed by atoms with E-state index in [2.05, 4.69) is 23.4 Å². The molecule has 18 heavy (non-hydrogen) atoms.